The average Bonchev–Trinajstić information content (AvgIpc) is 2.69. The molecule has 0 aliphatic carbocycles. The van der Waals surface area contributed by atoms with Crippen molar-refractivity contribution in [3.63, 3.8) is 0 Å². The minimum atomic E-state index is 0.690. The summed E-state index contributed by atoms with van der Waals surface area (Å²) in [6.07, 6.45) is 6.98. The number of thiazole rings is 1. The largest absolute Gasteiger partial charge is 0.330 e. The molecule has 3 nitrogen and oxygen atoms in total. The van der Waals surface area contributed by atoms with Gasteiger partial charge in [0.1, 0.15) is 0 Å². The Kier molecular flexibility index (Phi) is 3.85. The van der Waals surface area contributed by atoms with Crippen LogP contribution in [0.5, 0.6) is 0 Å². The number of hydrogen-bond donors (Lipinski definition) is 1. The molecule has 0 amide bonds. The molecule has 2 N–H and O–H groups in total. The molecular formula is C12H17N3S. The number of aromatic nitrogens is 2. The Morgan fingerprint density at radius 2 is 2.31 bits per heavy atom. The van der Waals surface area contributed by atoms with E-state index < -0.39 is 0 Å². The summed E-state index contributed by atoms with van der Waals surface area (Å²) in [5, 5.41) is 1.21. The summed E-state index contributed by atoms with van der Waals surface area (Å²) >= 11 is 1.77. The maximum Gasteiger partial charge on any atom is 0.0998 e. The van der Waals surface area contributed by atoms with Gasteiger partial charge in [-0.05, 0) is 37.8 Å². The van der Waals surface area contributed by atoms with Gasteiger partial charge in [-0.2, -0.15) is 0 Å². The molecule has 0 fully saturated rings. The maximum atomic E-state index is 5.54. The van der Waals surface area contributed by atoms with Gasteiger partial charge >= 0.3 is 0 Å². The molecule has 2 aromatic rings. The quantitative estimate of drug-likeness (QED) is 0.866. The van der Waals surface area contributed by atoms with Crippen LogP contribution in [-0.2, 0) is 6.42 Å². The average molecular weight is 235 g/mol. The fourth-order valence-corrected chi connectivity index (χ4v) is 2.68. The predicted octanol–water partition coefficient (Wildman–Crippen LogP) is 2.61. The Hall–Kier alpha value is -1.00. The molecule has 0 aliphatic rings. The monoisotopic (exact) mass is 235 g/mol. The number of nitrogens with zero attached hydrogens (tertiary/aromatic N) is 2. The van der Waals surface area contributed by atoms with Gasteiger partial charge in [0.25, 0.3) is 0 Å². The Bertz CT molecular complexity index is 419. The molecule has 0 bridgehead atoms. The highest BCUT2D eigenvalue weighted by atomic mass is 32.1. The number of fused-ring (bicyclic) bond motifs is 1. The second-order valence-electron chi connectivity index (χ2n) is 4.17. The van der Waals surface area contributed by atoms with Crippen LogP contribution >= 0.6 is 11.3 Å². The van der Waals surface area contributed by atoms with Gasteiger partial charge < -0.3 is 5.73 Å². The predicted molar refractivity (Wildman–Crippen MR) is 68.6 cm³/mol. The van der Waals surface area contributed by atoms with E-state index in [1.165, 1.54) is 16.1 Å². The lowest BCUT2D eigenvalue weighted by molar-refractivity contribution is 0.499. The van der Waals surface area contributed by atoms with Crippen LogP contribution in [0.3, 0.4) is 0 Å². The summed E-state index contributed by atoms with van der Waals surface area (Å²) in [6.45, 7) is 3.03. The number of aryl methyl sites for hydroxylation is 1. The normalized spacial score (nSPS) is 13.1. The van der Waals surface area contributed by atoms with Gasteiger partial charge in [0.15, 0.2) is 0 Å². The molecule has 2 rings (SSSR count). The van der Waals surface area contributed by atoms with Crippen molar-refractivity contribution in [3.8, 4) is 0 Å². The standard InChI is InChI=1S/C12H17N3S/c1-9(4-6-13)2-3-12-15-10-8-14-7-5-11(10)16-12/h5,7-9H,2-4,6,13H2,1H3. The van der Waals surface area contributed by atoms with Gasteiger partial charge in [-0.1, -0.05) is 6.92 Å². The third-order valence-corrected chi connectivity index (χ3v) is 3.84. The lowest BCUT2D eigenvalue weighted by Crippen LogP contribution is -2.06. The van der Waals surface area contributed by atoms with Crippen molar-refractivity contribution in [2.75, 3.05) is 6.54 Å². The molecule has 0 aromatic carbocycles. The minimum absolute atomic E-state index is 0.690. The molecule has 0 saturated carbocycles. The van der Waals surface area contributed by atoms with E-state index in [1.807, 2.05) is 18.5 Å². The SMILES string of the molecule is CC(CCN)CCc1nc2cnccc2s1. The van der Waals surface area contributed by atoms with Crippen molar-refractivity contribution in [2.45, 2.75) is 26.2 Å². The van der Waals surface area contributed by atoms with E-state index in [-0.39, 0.29) is 0 Å². The molecule has 0 spiro atoms. The van der Waals surface area contributed by atoms with Crippen LogP contribution in [0.25, 0.3) is 10.2 Å². The van der Waals surface area contributed by atoms with Crippen molar-refractivity contribution in [2.24, 2.45) is 11.7 Å². The molecular weight excluding hydrogens is 218 g/mol. The Morgan fingerprint density at radius 1 is 1.44 bits per heavy atom. The van der Waals surface area contributed by atoms with Crippen LogP contribution in [0, 0.1) is 5.92 Å². The van der Waals surface area contributed by atoms with Crippen molar-refractivity contribution in [3.05, 3.63) is 23.5 Å². The van der Waals surface area contributed by atoms with E-state index in [2.05, 4.69) is 16.9 Å². The number of rotatable bonds is 5. The molecule has 4 heteroatoms. The first-order valence-electron chi connectivity index (χ1n) is 5.69. The highest BCUT2D eigenvalue weighted by Gasteiger charge is 2.06. The van der Waals surface area contributed by atoms with E-state index in [9.17, 15) is 0 Å². The van der Waals surface area contributed by atoms with Crippen LogP contribution < -0.4 is 5.73 Å². The fraction of sp³-hybridized carbons (Fsp3) is 0.500. The first-order chi connectivity index (χ1) is 7.79. The first kappa shape index (κ1) is 11.5. The lowest BCUT2D eigenvalue weighted by Gasteiger charge is -2.07. The second kappa shape index (κ2) is 5.37. The number of hydrogen-bond acceptors (Lipinski definition) is 4. The number of pyridine rings is 1. The minimum Gasteiger partial charge on any atom is -0.330 e. The Balaban J connectivity index is 1.99. The second-order valence-corrected chi connectivity index (χ2v) is 5.29. The summed E-state index contributed by atoms with van der Waals surface area (Å²) < 4.78 is 1.23. The van der Waals surface area contributed by atoms with Gasteiger partial charge in [-0.15, -0.1) is 11.3 Å². The molecule has 16 heavy (non-hydrogen) atoms. The Labute approximate surface area is 99.7 Å². The molecule has 0 aliphatic heterocycles. The van der Waals surface area contributed by atoms with Crippen molar-refractivity contribution >= 4 is 21.6 Å². The summed E-state index contributed by atoms with van der Waals surface area (Å²) in [5.41, 5.74) is 6.56. The first-order valence-corrected chi connectivity index (χ1v) is 6.50. The lowest BCUT2D eigenvalue weighted by atomic mass is 10.0. The smallest absolute Gasteiger partial charge is 0.0998 e. The van der Waals surface area contributed by atoms with Crippen LogP contribution in [0.4, 0.5) is 0 Å². The number of nitrogens with two attached hydrogens (primary N) is 1. The zero-order chi connectivity index (χ0) is 11.4. The van der Waals surface area contributed by atoms with Crippen LogP contribution in [0.2, 0.25) is 0 Å². The molecule has 86 valence electrons. The summed E-state index contributed by atoms with van der Waals surface area (Å²) in [5.74, 6) is 0.690. The van der Waals surface area contributed by atoms with Crippen LogP contribution in [0.15, 0.2) is 18.5 Å². The molecule has 1 unspecified atom stereocenters. The maximum absolute atomic E-state index is 5.54. The third-order valence-electron chi connectivity index (χ3n) is 2.74. The van der Waals surface area contributed by atoms with Gasteiger partial charge in [-0.25, -0.2) is 4.98 Å². The van der Waals surface area contributed by atoms with Crippen molar-refractivity contribution in [1.29, 1.82) is 0 Å². The van der Waals surface area contributed by atoms with Crippen molar-refractivity contribution < 1.29 is 0 Å². The summed E-state index contributed by atoms with van der Waals surface area (Å²) in [6, 6.07) is 2.03. The zero-order valence-electron chi connectivity index (χ0n) is 9.52. The van der Waals surface area contributed by atoms with Crippen molar-refractivity contribution in [1.82, 2.24) is 9.97 Å². The van der Waals surface area contributed by atoms with E-state index in [0.29, 0.717) is 5.92 Å². The Morgan fingerprint density at radius 3 is 3.06 bits per heavy atom. The van der Waals surface area contributed by atoms with E-state index in [1.54, 1.807) is 11.3 Å². The topological polar surface area (TPSA) is 51.8 Å². The molecule has 1 atom stereocenters. The van der Waals surface area contributed by atoms with Gasteiger partial charge in [-0.3, -0.25) is 4.98 Å². The zero-order valence-corrected chi connectivity index (χ0v) is 10.3. The van der Waals surface area contributed by atoms with Gasteiger partial charge in [0, 0.05) is 6.20 Å². The molecule has 2 aromatic heterocycles. The molecule has 2 heterocycles. The van der Waals surface area contributed by atoms with Crippen LogP contribution in [-0.4, -0.2) is 16.5 Å². The summed E-state index contributed by atoms with van der Waals surface area (Å²) in [7, 11) is 0. The molecule has 0 saturated heterocycles. The highest BCUT2D eigenvalue weighted by molar-refractivity contribution is 7.18. The highest BCUT2D eigenvalue weighted by Crippen LogP contribution is 2.23. The third kappa shape index (κ3) is 2.77. The van der Waals surface area contributed by atoms with Crippen LogP contribution in [0.1, 0.15) is 24.8 Å². The summed E-state index contributed by atoms with van der Waals surface area (Å²) in [4.78, 5) is 8.65. The van der Waals surface area contributed by atoms with Gasteiger partial charge in [0.05, 0.1) is 21.4 Å². The van der Waals surface area contributed by atoms with E-state index >= 15 is 0 Å². The van der Waals surface area contributed by atoms with E-state index in [4.69, 9.17) is 5.73 Å². The fourth-order valence-electron chi connectivity index (χ4n) is 1.73. The van der Waals surface area contributed by atoms with Gasteiger partial charge in [0.2, 0.25) is 0 Å². The molecule has 0 radical (unpaired) electrons. The van der Waals surface area contributed by atoms with E-state index in [0.717, 1.165) is 24.9 Å².